The third kappa shape index (κ3) is 2.80. The first-order valence-electron chi connectivity index (χ1n) is 5.71. The zero-order chi connectivity index (χ0) is 11.6. The van der Waals surface area contributed by atoms with Crippen LogP contribution in [0.4, 0.5) is 4.39 Å². The first-order chi connectivity index (χ1) is 6.93. The van der Waals surface area contributed by atoms with E-state index in [1.807, 2.05) is 26.8 Å². The van der Waals surface area contributed by atoms with Crippen LogP contribution < -0.4 is 0 Å². The predicted octanol–water partition coefficient (Wildman–Crippen LogP) is 4.46. The highest BCUT2D eigenvalue weighted by Gasteiger charge is 2.12. The van der Waals surface area contributed by atoms with Gasteiger partial charge in [0.1, 0.15) is 5.82 Å². The molecule has 0 saturated heterocycles. The molecule has 0 radical (unpaired) electrons. The van der Waals surface area contributed by atoms with Crippen LogP contribution in [0.3, 0.4) is 0 Å². The molecule has 0 amide bonds. The van der Waals surface area contributed by atoms with Crippen molar-refractivity contribution in [2.45, 2.75) is 47.0 Å². The molecule has 15 heavy (non-hydrogen) atoms. The Morgan fingerprint density at radius 1 is 1.13 bits per heavy atom. The third-order valence-corrected chi connectivity index (χ3v) is 2.78. The zero-order valence-electron chi connectivity index (χ0n) is 10.4. The fourth-order valence-corrected chi connectivity index (χ4v) is 1.85. The van der Waals surface area contributed by atoms with E-state index < -0.39 is 0 Å². The Morgan fingerprint density at radius 2 is 1.73 bits per heavy atom. The summed E-state index contributed by atoms with van der Waals surface area (Å²) >= 11 is 0. The Hall–Kier alpha value is -0.850. The standard InChI is InChI=1S/C14H21F/c1-9(2)8-12-6-7-13(10(3)4)14(15)11(12)5/h6-7,9-10H,8H2,1-5H3. The quantitative estimate of drug-likeness (QED) is 0.688. The first-order valence-corrected chi connectivity index (χ1v) is 5.71. The molecule has 1 heteroatoms. The average molecular weight is 208 g/mol. The van der Waals surface area contributed by atoms with Gasteiger partial charge in [-0.05, 0) is 41.9 Å². The summed E-state index contributed by atoms with van der Waals surface area (Å²) in [6.07, 6.45) is 0.959. The second kappa shape index (κ2) is 4.78. The lowest BCUT2D eigenvalue weighted by Crippen LogP contribution is -2.03. The van der Waals surface area contributed by atoms with Gasteiger partial charge >= 0.3 is 0 Å². The van der Waals surface area contributed by atoms with Crippen molar-refractivity contribution in [1.82, 2.24) is 0 Å². The molecule has 0 spiro atoms. The van der Waals surface area contributed by atoms with Crippen molar-refractivity contribution in [1.29, 1.82) is 0 Å². The monoisotopic (exact) mass is 208 g/mol. The Kier molecular flexibility index (Phi) is 3.90. The zero-order valence-corrected chi connectivity index (χ0v) is 10.4. The summed E-state index contributed by atoms with van der Waals surface area (Å²) in [6, 6.07) is 4.01. The molecule has 1 aromatic carbocycles. The lowest BCUT2D eigenvalue weighted by molar-refractivity contribution is 0.579. The molecule has 0 fully saturated rings. The van der Waals surface area contributed by atoms with E-state index in [0.717, 1.165) is 23.1 Å². The van der Waals surface area contributed by atoms with E-state index in [9.17, 15) is 4.39 Å². The van der Waals surface area contributed by atoms with E-state index >= 15 is 0 Å². The number of rotatable bonds is 3. The van der Waals surface area contributed by atoms with Gasteiger partial charge in [-0.3, -0.25) is 0 Å². The van der Waals surface area contributed by atoms with Gasteiger partial charge in [0.25, 0.3) is 0 Å². The van der Waals surface area contributed by atoms with Gasteiger partial charge < -0.3 is 0 Å². The van der Waals surface area contributed by atoms with Crippen LogP contribution in [0.2, 0.25) is 0 Å². The van der Waals surface area contributed by atoms with Gasteiger partial charge in [0.15, 0.2) is 0 Å². The van der Waals surface area contributed by atoms with E-state index in [1.165, 1.54) is 0 Å². The molecule has 0 aromatic heterocycles. The summed E-state index contributed by atoms with van der Waals surface area (Å²) in [5, 5.41) is 0. The van der Waals surface area contributed by atoms with Crippen molar-refractivity contribution >= 4 is 0 Å². The minimum atomic E-state index is -0.0110. The average Bonchev–Trinajstić information content (AvgIpc) is 2.12. The van der Waals surface area contributed by atoms with Crippen LogP contribution in [-0.4, -0.2) is 0 Å². The predicted molar refractivity (Wildman–Crippen MR) is 63.8 cm³/mol. The molecule has 0 aliphatic carbocycles. The van der Waals surface area contributed by atoms with Crippen LogP contribution in [0.25, 0.3) is 0 Å². The van der Waals surface area contributed by atoms with Crippen molar-refractivity contribution < 1.29 is 4.39 Å². The summed E-state index contributed by atoms with van der Waals surface area (Å²) in [7, 11) is 0. The van der Waals surface area contributed by atoms with Gasteiger partial charge in [0.05, 0.1) is 0 Å². The van der Waals surface area contributed by atoms with E-state index in [-0.39, 0.29) is 11.7 Å². The van der Waals surface area contributed by atoms with Gasteiger partial charge in [-0.2, -0.15) is 0 Å². The summed E-state index contributed by atoms with van der Waals surface area (Å²) in [6.45, 7) is 10.3. The Morgan fingerprint density at radius 3 is 2.20 bits per heavy atom. The molecule has 84 valence electrons. The fraction of sp³-hybridized carbons (Fsp3) is 0.571. The van der Waals surface area contributed by atoms with Crippen LogP contribution >= 0.6 is 0 Å². The molecule has 1 rings (SSSR count). The Balaban J connectivity index is 3.10. The van der Waals surface area contributed by atoms with Gasteiger partial charge in [0.2, 0.25) is 0 Å². The number of benzene rings is 1. The largest absolute Gasteiger partial charge is 0.206 e. The molecular formula is C14H21F. The molecule has 0 unspecified atom stereocenters. The maximum Gasteiger partial charge on any atom is 0.129 e. The van der Waals surface area contributed by atoms with Gasteiger partial charge in [-0.25, -0.2) is 4.39 Å². The fourth-order valence-electron chi connectivity index (χ4n) is 1.85. The highest BCUT2D eigenvalue weighted by atomic mass is 19.1. The van der Waals surface area contributed by atoms with Crippen molar-refractivity contribution in [2.75, 3.05) is 0 Å². The van der Waals surface area contributed by atoms with Gasteiger partial charge in [0, 0.05) is 0 Å². The van der Waals surface area contributed by atoms with Gasteiger partial charge in [-0.15, -0.1) is 0 Å². The molecule has 0 bridgehead atoms. The number of hydrogen-bond acceptors (Lipinski definition) is 0. The van der Waals surface area contributed by atoms with E-state index in [0.29, 0.717) is 5.92 Å². The minimum Gasteiger partial charge on any atom is -0.206 e. The van der Waals surface area contributed by atoms with Crippen molar-refractivity contribution in [3.8, 4) is 0 Å². The second-order valence-electron chi connectivity index (χ2n) is 5.01. The Labute approximate surface area is 92.5 Å². The van der Waals surface area contributed by atoms with Crippen LogP contribution in [0.15, 0.2) is 12.1 Å². The summed E-state index contributed by atoms with van der Waals surface area (Å²) in [5.41, 5.74) is 2.81. The van der Waals surface area contributed by atoms with Gasteiger partial charge in [-0.1, -0.05) is 39.8 Å². The van der Waals surface area contributed by atoms with E-state index in [1.54, 1.807) is 0 Å². The highest BCUT2D eigenvalue weighted by Crippen LogP contribution is 2.24. The smallest absolute Gasteiger partial charge is 0.129 e. The van der Waals surface area contributed by atoms with Crippen LogP contribution in [-0.2, 0) is 6.42 Å². The number of hydrogen-bond donors (Lipinski definition) is 0. The third-order valence-electron chi connectivity index (χ3n) is 2.78. The molecule has 0 N–H and O–H groups in total. The van der Waals surface area contributed by atoms with Crippen molar-refractivity contribution in [2.24, 2.45) is 5.92 Å². The highest BCUT2D eigenvalue weighted by molar-refractivity contribution is 5.34. The van der Waals surface area contributed by atoms with E-state index in [4.69, 9.17) is 0 Å². The second-order valence-corrected chi connectivity index (χ2v) is 5.01. The van der Waals surface area contributed by atoms with Crippen LogP contribution in [0.5, 0.6) is 0 Å². The molecule has 0 nitrogen and oxygen atoms in total. The maximum absolute atomic E-state index is 14.0. The molecule has 0 saturated carbocycles. The topological polar surface area (TPSA) is 0 Å². The van der Waals surface area contributed by atoms with Crippen LogP contribution in [0, 0.1) is 18.7 Å². The summed E-state index contributed by atoms with van der Waals surface area (Å²) in [5.74, 6) is 0.827. The molecular weight excluding hydrogens is 187 g/mol. The molecule has 1 aromatic rings. The van der Waals surface area contributed by atoms with Crippen LogP contribution in [0.1, 0.15) is 50.3 Å². The molecule has 0 atom stereocenters. The lowest BCUT2D eigenvalue weighted by Gasteiger charge is -2.14. The lowest BCUT2D eigenvalue weighted by atomic mass is 9.93. The van der Waals surface area contributed by atoms with Crippen molar-refractivity contribution in [3.63, 3.8) is 0 Å². The van der Waals surface area contributed by atoms with Crippen molar-refractivity contribution in [3.05, 3.63) is 34.6 Å². The molecule has 0 aliphatic heterocycles. The molecule has 0 heterocycles. The Bertz CT molecular complexity index is 337. The summed E-state index contributed by atoms with van der Waals surface area (Å²) in [4.78, 5) is 0. The summed E-state index contributed by atoms with van der Waals surface area (Å²) < 4.78 is 14.0. The minimum absolute atomic E-state index is 0.0110. The SMILES string of the molecule is Cc1c(CC(C)C)ccc(C(C)C)c1F. The normalized spacial score (nSPS) is 11.5. The maximum atomic E-state index is 14.0. The first kappa shape index (κ1) is 12.2. The molecule has 0 aliphatic rings. The van der Waals surface area contributed by atoms with E-state index in [2.05, 4.69) is 19.9 Å². The number of halogens is 1.